The van der Waals surface area contributed by atoms with Gasteiger partial charge in [0.15, 0.2) is 11.0 Å². The van der Waals surface area contributed by atoms with E-state index >= 15 is 0 Å². The van der Waals surface area contributed by atoms with E-state index in [2.05, 4.69) is 15.5 Å². The molecular formula is C18H16FN5O3S. The van der Waals surface area contributed by atoms with Gasteiger partial charge in [0.2, 0.25) is 5.91 Å². The topological polar surface area (TPSA) is 103 Å². The number of aromatic nitrogens is 3. The number of nitro benzene ring substituents is 1. The average molecular weight is 401 g/mol. The summed E-state index contributed by atoms with van der Waals surface area (Å²) in [5.74, 6) is -0.502. The quantitative estimate of drug-likeness (QED) is 0.384. The van der Waals surface area contributed by atoms with Gasteiger partial charge in [0.25, 0.3) is 5.69 Å². The number of amides is 1. The van der Waals surface area contributed by atoms with Gasteiger partial charge in [-0.3, -0.25) is 14.9 Å². The molecule has 0 bridgehead atoms. The van der Waals surface area contributed by atoms with Gasteiger partial charge in [0.1, 0.15) is 11.5 Å². The molecule has 1 aromatic heterocycles. The highest BCUT2D eigenvalue weighted by Crippen LogP contribution is 2.29. The fraction of sp³-hybridized carbons (Fsp3) is 0.167. The number of carbonyl (C=O) groups excluding carboxylic acids is 1. The van der Waals surface area contributed by atoms with Gasteiger partial charge in [-0.15, -0.1) is 10.2 Å². The van der Waals surface area contributed by atoms with E-state index in [9.17, 15) is 19.3 Å². The van der Waals surface area contributed by atoms with Crippen LogP contribution in [0.1, 0.15) is 6.92 Å². The maximum Gasteiger partial charge on any atom is 0.292 e. The zero-order chi connectivity index (χ0) is 20.3. The maximum absolute atomic E-state index is 14.0. The number of rotatable bonds is 6. The highest BCUT2D eigenvalue weighted by atomic mass is 32.2. The highest BCUT2D eigenvalue weighted by molar-refractivity contribution is 8.00. The Balaban J connectivity index is 1.75. The van der Waals surface area contributed by atoms with Crippen molar-refractivity contribution in [3.8, 4) is 11.4 Å². The standard InChI is InChI=1S/C18H16FN5O3S/c1-11(17(25)20-14-9-5-6-10-15(14)24(26)27)28-18-22-21-16(23(18)2)12-7-3-4-8-13(12)19/h3-11H,1-2H3,(H,20,25)/t11-/m0/s1. The van der Waals surface area contributed by atoms with Crippen molar-refractivity contribution in [3.05, 3.63) is 64.5 Å². The van der Waals surface area contributed by atoms with E-state index in [-0.39, 0.29) is 11.4 Å². The molecule has 2 aromatic carbocycles. The van der Waals surface area contributed by atoms with E-state index in [0.29, 0.717) is 16.5 Å². The van der Waals surface area contributed by atoms with E-state index in [1.54, 1.807) is 42.8 Å². The number of nitrogens with one attached hydrogen (secondary N) is 1. The summed E-state index contributed by atoms with van der Waals surface area (Å²) in [7, 11) is 1.68. The number of hydrogen-bond donors (Lipinski definition) is 1. The van der Waals surface area contributed by atoms with E-state index in [1.807, 2.05) is 0 Å². The summed E-state index contributed by atoms with van der Waals surface area (Å²) in [6, 6.07) is 12.1. The van der Waals surface area contributed by atoms with Crippen molar-refractivity contribution in [2.45, 2.75) is 17.3 Å². The molecule has 0 fully saturated rings. The first-order chi connectivity index (χ1) is 13.4. The largest absolute Gasteiger partial charge is 0.319 e. The van der Waals surface area contributed by atoms with Crippen molar-refractivity contribution in [1.29, 1.82) is 0 Å². The molecule has 0 saturated heterocycles. The number of hydrogen-bond acceptors (Lipinski definition) is 6. The van der Waals surface area contributed by atoms with E-state index in [1.165, 1.54) is 24.3 Å². The number of benzene rings is 2. The summed E-state index contributed by atoms with van der Waals surface area (Å²) in [5, 5.41) is 21.5. The molecule has 0 saturated carbocycles. The molecule has 10 heteroatoms. The second-order valence-electron chi connectivity index (χ2n) is 5.87. The number of nitro groups is 1. The summed E-state index contributed by atoms with van der Waals surface area (Å²) < 4.78 is 15.6. The SMILES string of the molecule is C[C@H](Sc1nnc(-c2ccccc2F)n1C)C(=O)Nc1ccccc1[N+](=O)[O-]. The van der Waals surface area contributed by atoms with Crippen LogP contribution in [0.25, 0.3) is 11.4 Å². The molecule has 8 nitrogen and oxygen atoms in total. The zero-order valence-corrected chi connectivity index (χ0v) is 15.8. The van der Waals surface area contributed by atoms with Crippen LogP contribution in [0.2, 0.25) is 0 Å². The summed E-state index contributed by atoms with van der Waals surface area (Å²) in [4.78, 5) is 23.0. The molecule has 28 heavy (non-hydrogen) atoms. The average Bonchev–Trinajstić information content (AvgIpc) is 3.02. The monoisotopic (exact) mass is 401 g/mol. The van der Waals surface area contributed by atoms with Gasteiger partial charge >= 0.3 is 0 Å². The third-order valence-electron chi connectivity index (χ3n) is 3.96. The van der Waals surface area contributed by atoms with E-state index in [0.717, 1.165) is 11.8 Å². The van der Waals surface area contributed by atoms with Crippen molar-refractivity contribution < 1.29 is 14.1 Å². The zero-order valence-electron chi connectivity index (χ0n) is 15.0. The van der Waals surface area contributed by atoms with Gasteiger partial charge in [-0.1, -0.05) is 36.0 Å². The van der Waals surface area contributed by atoms with Gasteiger partial charge in [0.05, 0.1) is 15.7 Å². The normalized spacial score (nSPS) is 11.8. The fourth-order valence-corrected chi connectivity index (χ4v) is 3.29. The predicted molar refractivity (Wildman–Crippen MR) is 103 cm³/mol. The van der Waals surface area contributed by atoms with Crippen molar-refractivity contribution in [2.24, 2.45) is 7.05 Å². The molecule has 1 heterocycles. The smallest absolute Gasteiger partial charge is 0.292 e. The molecule has 0 aliphatic rings. The molecule has 0 spiro atoms. The number of halogens is 1. The molecule has 1 atom stereocenters. The number of carbonyl (C=O) groups is 1. The lowest BCUT2D eigenvalue weighted by molar-refractivity contribution is -0.383. The Morgan fingerprint density at radius 2 is 1.89 bits per heavy atom. The molecule has 144 valence electrons. The number of anilines is 1. The first-order valence-corrected chi connectivity index (χ1v) is 9.11. The van der Waals surface area contributed by atoms with Crippen molar-refractivity contribution in [3.63, 3.8) is 0 Å². The number of para-hydroxylation sites is 2. The summed E-state index contributed by atoms with van der Waals surface area (Å²) in [6.45, 7) is 1.65. The Kier molecular flexibility index (Phi) is 5.69. The van der Waals surface area contributed by atoms with Crippen LogP contribution in [0, 0.1) is 15.9 Å². The molecule has 1 N–H and O–H groups in total. The Hall–Kier alpha value is -3.27. The lowest BCUT2D eigenvalue weighted by Gasteiger charge is -2.12. The van der Waals surface area contributed by atoms with Gasteiger partial charge < -0.3 is 9.88 Å². The molecular weight excluding hydrogens is 385 g/mol. The minimum Gasteiger partial charge on any atom is -0.319 e. The third kappa shape index (κ3) is 4.01. The Bertz CT molecular complexity index is 1040. The highest BCUT2D eigenvalue weighted by Gasteiger charge is 2.22. The number of nitrogens with zero attached hydrogens (tertiary/aromatic N) is 4. The minimum absolute atomic E-state index is 0.120. The van der Waals surface area contributed by atoms with E-state index in [4.69, 9.17) is 0 Å². The minimum atomic E-state index is -0.615. The Labute approximate surface area is 163 Å². The van der Waals surface area contributed by atoms with Crippen molar-refractivity contribution in [1.82, 2.24) is 14.8 Å². The van der Waals surface area contributed by atoms with Crippen LogP contribution in [0.4, 0.5) is 15.8 Å². The predicted octanol–water partition coefficient (Wildman–Crippen LogP) is 3.65. The van der Waals surface area contributed by atoms with Gasteiger partial charge in [-0.25, -0.2) is 4.39 Å². The van der Waals surface area contributed by atoms with Crippen LogP contribution in [0.3, 0.4) is 0 Å². The Morgan fingerprint density at radius 3 is 2.61 bits per heavy atom. The van der Waals surface area contributed by atoms with Crippen LogP contribution in [0.5, 0.6) is 0 Å². The molecule has 1 amide bonds. The van der Waals surface area contributed by atoms with Crippen LogP contribution >= 0.6 is 11.8 Å². The molecule has 3 aromatic rings. The van der Waals surface area contributed by atoms with E-state index < -0.39 is 21.9 Å². The maximum atomic E-state index is 14.0. The fourth-order valence-electron chi connectivity index (χ4n) is 2.48. The summed E-state index contributed by atoms with van der Waals surface area (Å²) in [5.41, 5.74) is 0.241. The summed E-state index contributed by atoms with van der Waals surface area (Å²) >= 11 is 1.12. The van der Waals surface area contributed by atoms with Gasteiger partial charge in [-0.2, -0.15) is 0 Å². The molecule has 0 aliphatic carbocycles. The molecule has 3 rings (SSSR count). The van der Waals surface area contributed by atoms with Crippen LogP contribution in [-0.2, 0) is 11.8 Å². The second-order valence-corrected chi connectivity index (χ2v) is 7.18. The lowest BCUT2D eigenvalue weighted by atomic mass is 10.2. The Morgan fingerprint density at radius 1 is 1.21 bits per heavy atom. The van der Waals surface area contributed by atoms with Crippen LogP contribution in [-0.4, -0.2) is 30.8 Å². The number of thioether (sulfide) groups is 1. The first kappa shape index (κ1) is 19.5. The second kappa shape index (κ2) is 8.17. The molecule has 0 radical (unpaired) electrons. The van der Waals surface area contributed by atoms with Crippen molar-refractivity contribution >= 4 is 29.0 Å². The van der Waals surface area contributed by atoms with Gasteiger partial charge in [0, 0.05) is 13.1 Å². The van der Waals surface area contributed by atoms with Crippen LogP contribution < -0.4 is 5.32 Å². The van der Waals surface area contributed by atoms with Crippen LogP contribution in [0.15, 0.2) is 53.7 Å². The third-order valence-corrected chi connectivity index (χ3v) is 5.09. The lowest BCUT2D eigenvalue weighted by Crippen LogP contribution is -2.23. The molecule has 0 unspecified atom stereocenters. The first-order valence-electron chi connectivity index (χ1n) is 8.23. The molecule has 0 aliphatic heterocycles. The van der Waals surface area contributed by atoms with Gasteiger partial charge in [-0.05, 0) is 25.1 Å². The van der Waals surface area contributed by atoms with Crippen molar-refractivity contribution in [2.75, 3.05) is 5.32 Å². The summed E-state index contributed by atoms with van der Waals surface area (Å²) in [6.07, 6.45) is 0.